The predicted octanol–water partition coefficient (Wildman–Crippen LogP) is 17.0. The number of hydrogen-bond acceptors (Lipinski definition) is 0. The van der Waals surface area contributed by atoms with Gasteiger partial charge in [-0.25, -0.2) is 0 Å². The molecule has 3 heteroatoms. The van der Waals surface area contributed by atoms with E-state index in [1.165, 1.54) is 124 Å². The lowest BCUT2D eigenvalue weighted by Crippen LogP contribution is -2.69. The topological polar surface area (TPSA) is 0 Å². The number of hydrogen-bond donors (Lipinski definition) is 0. The van der Waals surface area contributed by atoms with Gasteiger partial charge in [0.25, 0.3) is 0 Å². The van der Waals surface area contributed by atoms with Gasteiger partial charge in [-0.15, -0.1) is 0 Å². The Hall–Kier alpha value is -10.5. The summed E-state index contributed by atoms with van der Waals surface area (Å²) in [5, 5.41) is 15.1. The normalized spacial score (nSPS) is 15.9. The zero-order chi connectivity index (χ0) is 60.3. The van der Waals surface area contributed by atoms with Crippen molar-refractivity contribution < 1.29 is 0 Å². The molecule has 0 spiro atoms. The Bertz CT molecular complexity index is 4650. The van der Waals surface area contributed by atoms with Crippen LogP contribution in [0.1, 0.15) is 40.3 Å². The molecule has 0 unspecified atom stereocenters. The lowest BCUT2D eigenvalue weighted by Gasteiger charge is -2.44. The van der Waals surface area contributed by atoms with E-state index >= 15 is 0 Å². The van der Waals surface area contributed by atoms with E-state index in [4.69, 9.17) is 0 Å². The smallest absolute Gasteiger partial charge is 0.0877 e. The summed E-state index contributed by atoms with van der Waals surface area (Å²) in [6.07, 6.45) is 4.84. The van der Waals surface area contributed by atoms with Crippen LogP contribution < -0.4 is 31.1 Å². The van der Waals surface area contributed by atoms with Crippen LogP contribution in [0, 0.1) is 0 Å². The largest absolute Gasteiger partial charge is 0.180 e. The maximum absolute atomic E-state index is 4.01. The van der Waals surface area contributed by atoms with Crippen LogP contribution in [0.4, 0.5) is 0 Å². The highest BCUT2D eigenvalue weighted by Gasteiger charge is 2.64. The van der Waals surface area contributed by atoms with Gasteiger partial charge in [-0.2, -0.15) is 0 Å². The molecule has 0 atom stereocenters. The number of benzene rings is 12. The van der Waals surface area contributed by atoms with Crippen LogP contribution in [-0.4, -0.2) is 24.2 Å². The van der Waals surface area contributed by atoms with Crippen LogP contribution in [0.15, 0.2) is 408 Å². The van der Waals surface area contributed by atoms with Crippen molar-refractivity contribution in [3.63, 3.8) is 0 Å². The van der Waals surface area contributed by atoms with Crippen molar-refractivity contribution in [2.45, 2.75) is 6.92 Å². The van der Waals surface area contributed by atoms with Crippen molar-refractivity contribution in [2.75, 3.05) is 0 Å². The summed E-state index contributed by atoms with van der Waals surface area (Å²) in [6, 6.07) is 140. The zero-order valence-electron chi connectivity index (χ0n) is 50.4. The molecule has 0 saturated heterocycles. The summed E-state index contributed by atoms with van der Waals surface area (Å²) >= 11 is 0. The van der Waals surface area contributed by atoms with Crippen molar-refractivity contribution in [2.24, 2.45) is 0 Å². The molecular weight excluding hydrogens is 1130 g/mol. The molecule has 3 aliphatic rings. The third kappa shape index (κ3) is 9.07. The highest BCUT2D eigenvalue weighted by atomic mass is 28.3. The molecular formula is C87H66Si3. The summed E-state index contributed by atoms with van der Waals surface area (Å²) in [6.45, 7) is 2.22. The van der Waals surface area contributed by atoms with Crippen molar-refractivity contribution in [3.8, 4) is 0 Å². The van der Waals surface area contributed by atoms with Crippen LogP contribution in [0.5, 0.6) is 0 Å². The SMILES string of the molecule is C/C=C/C1=C(c2ccccc2)C(c2ccccc2)=C(C2=C(c3ccccc3)C(c3ccccc3)=C(C3=C(c4ccccc4)C(c4ccccc4)=C[Si]3(c3ccccc3)c3ccccc3)[Si]2(c2ccccc2)c2ccccc2)[Si]1(c1ccccc1)c1ccccc1. The van der Waals surface area contributed by atoms with Crippen LogP contribution >= 0.6 is 0 Å². The molecule has 0 aromatic heterocycles. The van der Waals surface area contributed by atoms with Gasteiger partial charge in [0.1, 0.15) is 0 Å². The Morgan fingerprint density at radius 2 is 0.444 bits per heavy atom. The molecule has 12 aromatic carbocycles. The van der Waals surface area contributed by atoms with Gasteiger partial charge in [-0.3, -0.25) is 0 Å². The van der Waals surface area contributed by atoms with E-state index in [0.717, 1.165) is 0 Å². The van der Waals surface area contributed by atoms with E-state index in [-0.39, 0.29) is 0 Å². The van der Waals surface area contributed by atoms with Crippen LogP contribution in [0.2, 0.25) is 0 Å². The second kappa shape index (κ2) is 24.2. The molecule has 0 radical (unpaired) electrons. The molecule has 0 N–H and O–H groups in total. The zero-order valence-corrected chi connectivity index (χ0v) is 53.4. The average molecular weight is 1200 g/mol. The molecule has 0 nitrogen and oxygen atoms in total. The number of allylic oxidation sites excluding steroid dienone is 13. The minimum absolute atomic E-state index is 1.19. The Balaban J connectivity index is 1.29. The molecule has 0 saturated carbocycles. The van der Waals surface area contributed by atoms with E-state index in [0.29, 0.717) is 0 Å². The Morgan fingerprint density at radius 1 is 0.211 bits per heavy atom. The van der Waals surface area contributed by atoms with Crippen molar-refractivity contribution in [1.29, 1.82) is 0 Å². The molecule has 0 bridgehead atoms. The maximum Gasteiger partial charge on any atom is 0.180 e. The van der Waals surface area contributed by atoms with Gasteiger partial charge in [0.05, 0.1) is 0 Å². The standard InChI is InChI=1S/C87H66Si3/c1-2-39-78-80(67-44-19-5-20-45-67)81(68-46-21-6-22-47-68)86(89(78,73-56-31-11-32-57-73)74-58-33-12-34-59-74)87-83(70-50-25-8-26-51-70)82(69-48-23-7-24-49-69)85(90(87,75-60-35-13-36-61-75)76-62-37-14-38-63-76)84-79(66-42-17-4-18-43-66)77(65-40-15-3-16-41-65)64-88(84,71-52-27-9-28-53-71)72-54-29-10-30-55-72/h2-64H,1H3/b39-2+. The summed E-state index contributed by atoms with van der Waals surface area (Å²) < 4.78 is 0. The van der Waals surface area contributed by atoms with E-state index in [1.807, 2.05) is 0 Å². The third-order valence-electron chi connectivity index (χ3n) is 18.8. The third-order valence-corrected chi connectivity index (χ3v) is 33.6. The Labute approximate surface area is 533 Å². The fourth-order valence-corrected chi connectivity index (χ4v) is 33.3. The van der Waals surface area contributed by atoms with Gasteiger partial charge in [0.2, 0.25) is 0 Å². The molecule has 3 aliphatic heterocycles. The lowest BCUT2D eigenvalue weighted by atomic mass is 9.87. The fourth-order valence-electron chi connectivity index (χ4n) is 15.5. The molecule has 15 rings (SSSR count). The molecule has 0 aliphatic carbocycles. The van der Waals surface area contributed by atoms with E-state index in [2.05, 4.69) is 389 Å². The number of rotatable bonds is 15. The van der Waals surface area contributed by atoms with Crippen LogP contribution in [0.3, 0.4) is 0 Å². The molecule has 0 amide bonds. The maximum atomic E-state index is 2.81. The Kier molecular flexibility index (Phi) is 15.1. The van der Waals surface area contributed by atoms with Crippen LogP contribution in [-0.2, 0) is 0 Å². The second-order valence-corrected chi connectivity index (χ2v) is 34.5. The summed E-state index contributed by atoms with van der Waals surface area (Å²) in [5.74, 6) is 0. The van der Waals surface area contributed by atoms with E-state index in [1.54, 1.807) is 0 Å². The molecule has 0 fully saturated rings. The quantitative estimate of drug-likeness (QED) is 0.0898. The highest BCUT2D eigenvalue weighted by molar-refractivity contribution is 7.25. The first-order valence-electron chi connectivity index (χ1n) is 31.5. The average Bonchev–Trinajstić information content (AvgIpc) is 1.48. The fraction of sp³-hybridized carbons (Fsp3) is 0.0115. The molecule has 426 valence electrons. The van der Waals surface area contributed by atoms with Gasteiger partial charge in [0, 0.05) is 0 Å². The molecule has 90 heavy (non-hydrogen) atoms. The first kappa shape index (κ1) is 56.0. The monoisotopic (exact) mass is 1190 g/mol. The first-order chi connectivity index (χ1) is 44.7. The summed E-state index contributed by atoms with van der Waals surface area (Å²) in [7, 11) is -11.2. The predicted molar refractivity (Wildman–Crippen MR) is 390 cm³/mol. The van der Waals surface area contributed by atoms with Gasteiger partial charge in [-0.1, -0.05) is 382 Å². The van der Waals surface area contributed by atoms with Crippen molar-refractivity contribution >= 4 is 88.8 Å². The summed E-state index contributed by atoms with van der Waals surface area (Å²) in [5.41, 5.74) is 17.7. The van der Waals surface area contributed by atoms with E-state index < -0.39 is 24.2 Å². The molecule has 3 heterocycles. The highest BCUT2D eigenvalue weighted by Crippen LogP contribution is 2.62. The first-order valence-corrected chi connectivity index (χ1v) is 37.5. The van der Waals surface area contributed by atoms with Gasteiger partial charge >= 0.3 is 0 Å². The minimum Gasteiger partial charge on any atom is -0.0877 e. The van der Waals surface area contributed by atoms with Gasteiger partial charge < -0.3 is 0 Å². The summed E-state index contributed by atoms with van der Waals surface area (Å²) in [4.78, 5) is 0. The Morgan fingerprint density at radius 3 is 0.767 bits per heavy atom. The minimum atomic E-state index is -4.01. The second-order valence-electron chi connectivity index (χ2n) is 23.5. The van der Waals surface area contributed by atoms with Gasteiger partial charge in [-0.05, 0) is 131 Å². The van der Waals surface area contributed by atoms with Crippen molar-refractivity contribution in [1.82, 2.24) is 0 Å². The van der Waals surface area contributed by atoms with Crippen LogP contribution in [0.25, 0.3) is 33.4 Å². The van der Waals surface area contributed by atoms with Gasteiger partial charge in [0.15, 0.2) is 24.2 Å². The molecule has 12 aromatic rings. The van der Waals surface area contributed by atoms with Crippen molar-refractivity contribution in [3.05, 3.63) is 441 Å². The van der Waals surface area contributed by atoms with E-state index in [9.17, 15) is 0 Å². The lowest BCUT2D eigenvalue weighted by molar-refractivity contribution is 1.55.